The van der Waals surface area contributed by atoms with Crippen LogP contribution in [0.15, 0.2) is 11.1 Å². The normalized spacial score (nSPS) is 22.6. The topological polar surface area (TPSA) is 93.1 Å². The minimum Gasteiger partial charge on any atom is -0.350 e. The molecule has 112 valence electrons. The predicted molar refractivity (Wildman–Crippen MR) is 73.5 cm³/mol. The molecule has 1 aromatic rings. The van der Waals surface area contributed by atoms with Crippen LogP contribution in [0.1, 0.15) is 32.4 Å². The van der Waals surface area contributed by atoms with Gasteiger partial charge in [-0.05, 0) is 27.2 Å². The maximum Gasteiger partial charge on any atom is 0.244 e. The van der Waals surface area contributed by atoms with Crippen LogP contribution in [-0.2, 0) is 21.9 Å². The summed E-state index contributed by atoms with van der Waals surface area (Å²) in [5.74, 6) is -0.0528. The van der Waals surface area contributed by atoms with Crippen LogP contribution in [0.5, 0.6) is 0 Å². The fraction of sp³-hybridized carbons (Fsp3) is 0.667. The van der Waals surface area contributed by atoms with Crippen molar-refractivity contribution in [1.29, 1.82) is 0 Å². The van der Waals surface area contributed by atoms with Crippen LogP contribution in [-0.4, -0.2) is 35.7 Å². The van der Waals surface area contributed by atoms with Crippen molar-refractivity contribution in [2.24, 2.45) is 7.05 Å². The lowest BCUT2D eigenvalue weighted by molar-refractivity contribution is -0.125. The predicted octanol–water partition coefficient (Wildman–Crippen LogP) is 0.0640. The molecule has 8 heteroatoms. The number of carbonyl (C=O) groups excluding carboxylic acids is 1. The van der Waals surface area contributed by atoms with E-state index in [1.807, 2.05) is 13.8 Å². The van der Waals surface area contributed by atoms with E-state index in [-0.39, 0.29) is 16.8 Å². The highest BCUT2D eigenvalue weighted by atomic mass is 32.2. The summed E-state index contributed by atoms with van der Waals surface area (Å²) in [7, 11) is -1.97. The van der Waals surface area contributed by atoms with Crippen molar-refractivity contribution in [3.8, 4) is 0 Å². The molecule has 20 heavy (non-hydrogen) atoms. The van der Waals surface area contributed by atoms with Gasteiger partial charge >= 0.3 is 0 Å². The zero-order valence-corrected chi connectivity index (χ0v) is 12.9. The van der Waals surface area contributed by atoms with Gasteiger partial charge in [0.05, 0.1) is 11.2 Å². The Kier molecular flexibility index (Phi) is 3.64. The van der Waals surface area contributed by atoms with Gasteiger partial charge in [-0.25, -0.2) is 13.1 Å². The molecule has 7 nitrogen and oxygen atoms in total. The zero-order chi connectivity index (χ0) is 15.1. The SMILES string of the molecule is Cc1nn(C)cc1S(=O)(=O)NC1CCC(=O)NC1(C)C. The number of piperidine rings is 1. The highest BCUT2D eigenvalue weighted by molar-refractivity contribution is 7.89. The van der Waals surface area contributed by atoms with E-state index < -0.39 is 15.6 Å². The standard InChI is InChI=1S/C12H20N4O3S/c1-8-9(7-16(4)14-8)20(18,19)15-10-5-6-11(17)13-12(10,2)3/h7,10,15H,5-6H2,1-4H3,(H,13,17). The third-order valence-corrected chi connectivity index (χ3v) is 5.12. The Morgan fingerprint density at radius 1 is 1.50 bits per heavy atom. The fourth-order valence-electron chi connectivity index (χ4n) is 2.44. The average molecular weight is 300 g/mol. The van der Waals surface area contributed by atoms with Crippen LogP contribution < -0.4 is 10.0 Å². The molecule has 2 heterocycles. The Bertz CT molecular complexity index is 633. The number of hydrogen-bond donors (Lipinski definition) is 2. The van der Waals surface area contributed by atoms with Gasteiger partial charge in [0.2, 0.25) is 15.9 Å². The lowest BCUT2D eigenvalue weighted by Gasteiger charge is -2.39. The molecule has 1 amide bonds. The summed E-state index contributed by atoms with van der Waals surface area (Å²) in [6, 6.07) is -0.343. The maximum atomic E-state index is 12.4. The third-order valence-electron chi connectivity index (χ3n) is 3.55. The zero-order valence-electron chi connectivity index (χ0n) is 12.1. The van der Waals surface area contributed by atoms with E-state index in [1.165, 1.54) is 10.9 Å². The van der Waals surface area contributed by atoms with Gasteiger partial charge in [0.25, 0.3) is 0 Å². The average Bonchev–Trinajstić information content (AvgIpc) is 2.62. The first kappa shape index (κ1) is 15.0. The number of hydrogen-bond acceptors (Lipinski definition) is 4. The van der Waals surface area contributed by atoms with Crippen LogP contribution in [0.3, 0.4) is 0 Å². The number of nitrogens with zero attached hydrogens (tertiary/aromatic N) is 2. The second kappa shape index (κ2) is 4.85. The minimum atomic E-state index is -3.64. The molecule has 1 aliphatic heterocycles. The number of sulfonamides is 1. The van der Waals surface area contributed by atoms with E-state index in [4.69, 9.17) is 0 Å². The maximum absolute atomic E-state index is 12.4. The second-order valence-corrected chi connectivity index (χ2v) is 7.42. The molecular weight excluding hydrogens is 280 g/mol. The van der Waals surface area contributed by atoms with E-state index in [9.17, 15) is 13.2 Å². The van der Waals surface area contributed by atoms with Gasteiger partial charge in [-0.3, -0.25) is 9.48 Å². The van der Waals surface area contributed by atoms with Gasteiger partial charge in [0, 0.05) is 25.7 Å². The molecule has 0 aliphatic carbocycles. The Balaban J connectivity index is 2.25. The van der Waals surface area contributed by atoms with Gasteiger partial charge < -0.3 is 5.32 Å². The number of amides is 1. The summed E-state index contributed by atoms with van der Waals surface area (Å²) in [5, 5.41) is 6.86. The van der Waals surface area contributed by atoms with E-state index in [2.05, 4.69) is 15.1 Å². The van der Waals surface area contributed by atoms with Gasteiger partial charge in [-0.15, -0.1) is 0 Å². The fourth-order valence-corrected chi connectivity index (χ4v) is 4.08. The van der Waals surface area contributed by atoms with Gasteiger partial charge in [0.15, 0.2) is 0 Å². The van der Waals surface area contributed by atoms with Gasteiger partial charge in [-0.1, -0.05) is 0 Å². The molecule has 1 saturated heterocycles. The van der Waals surface area contributed by atoms with Crippen molar-refractivity contribution in [1.82, 2.24) is 19.8 Å². The molecule has 2 N–H and O–H groups in total. The summed E-state index contributed by atoms with van der Waals surface area (Å²) >= 11 is 0. The summed E-state index contributed by atoms with van der Waals surface area (Å²) in [4.78, 5) is 11.6. The third kappa shape index (κ3) is 2.85. The lowest BCUT2D eigenvalue weighted by atomic mass is 9.88. The molecule has 0 saturated carbocycles. The first-order valence-electron chi connectivity index (χ1n) is 6.45. The Hall–Kier alpha value is -1.41. The second-order valence-electron chi connectivity index (χ2n) is 5.73. The monoisotopic (exact) mass is 300 g/mol. The number of carbonyl (C=O) groups is 1. The summed E-state index contributed by atoms with van der Waals surface area (Å²) < 4.78 is 29.0. The lowest BCUT2D eigenvalue weighted by Crippen LogP contribution is -2.61. The largest absolute Gasteiger partial charge is 0.350 e. The molecule has 2 rings (SSSR count). The molecule has 0 aromatic carbocycles. The van der Waals surface area contributed by atoms with Crippen molar-refractivity contribution >= 4 is 15.9 Å². The first-order chi connectivity index (χ1) is 9.12. The van der Waals surface area contributed by atoms with Gasteiger partial charge in [-0.2, -0.15) is 5.10 Å². The van der Waals surface area contributed by atoms with E-state index in [0.717, 1.165) is 0 Å². The van der Waals surface area contributed by atoms with Crippen LogP contribution in [0.25, 0.3) is 0 Å². The van der Waals surface area contributed by atoms with Crippen LogP contribution in [0, 0.1) is 6.92 Å². The van der Waals surface area contributed by atoms with E-state index >= 15 is 0 Å². The van der Waals surface area contributed by atoms with E-state index in [1.54, 1.807) is 14.0 Å². The van der Waals surface area contributed by atoms with Crippen molar-refractivity contribution < 1.29 is 13.2 Å². The molecule has 1 unspecified atom stereocenters. The highest BCUT2D eigenvalue weighted by Gasteiger charge is 2.38. The van der Waals surface area contributed by atoms with Crippen LogP contribution in [0.2, 0.25) is 0 Å². The van der Waals surface area contributed by atoms with Gasteiger partial charge in [0.1, 0.15) is 4.90 Å². The summed E-state index contributed by atoms with van der Waals surface area (Å²) in [5.41, 5.74) is -0.156. The molecule has 1 aliphatic rings. The molecule has 0 bridgehead atoms. The smallest absolute Gasteiger partial charge is 0.244 e. The van der Waals surface area contributed by atoms with Crippen molar-refractivity contribution in [2.75, 3.05) is 0 Å². The van der Waals surface area contributed by atoms with Crippen molar-refractivity contribution in [3.05, 3.63) is 11.9 Å². The van der Waals surface area contributed by atoms with Crippen molar-refractivity contribution in [3.63, 3.8) is 0 Å². The number of aryl methyl sites for hydroxylation is 2. The molecule has 1 aromatic heterocycles. The number of rotatable bonds is 3. The van der Waals surface area contributed by atoms with Crippen LogP contribution >= 0.6 is 0 Å². The molecule has 1 fully saturated rings. The quantitative estimate of drug-likeness (QED) is 0.826. The summed E-state index contributed by atoms with van der Waals surface area (Å²) in [6.45, 7) is 5.28. The van der Waals surface area contributed by atoms with E-state index in [0.29, 0.717) is 18.5 Å². The first-order valence-corrected chi connectivity index (χ1v) is 7.94. The number of nitrogens with one attached hydrogen (secondary N) is 2. The van der Waals surface area contributed by atoms with Crippen molar-refractivity contribution in [2.45, 2.75) is 50.1 Å². The minimum absolute atomic E-state index is 0.0528. The Morgan fingerprint density at radius 2 is 2.15 bits per heavy atom. The molecule has 1 atom stereocenters. The Morgan fingerprint density at radius 3 is 2.65 bits per heavy atom. The molecular formula is C12H20N4O3S. The number of aromatic nitrogens is 2. The molecule has 0 radical (unpaired) electrons. The Labute approximate surface area is 118 Å². The molecule has 0 spiro atoms. The summed E-state index contributed by atoms with van der Waals surface area (Å²) in [6.07, 6.45) is 2.28. The highest BCUT2D eigenvalue weighted by Crippen LogP contribution is 2.22. The van der Waals surface area contributed by atoms with Crippen LogP contribution in [0.4, 0.5) is 0 Å².